The molecule has 0 amide bonds. The number of aliphatic hydroxyl groups excluding tert-OH is 1. The van der Waals surface area contributed by atoms with Crippen molar-refractivity contribution in [2.24, 2.45) is 0 Å². The van der Waals surface area contributed by atoms with E-state index in [-0.39, 0.29) is 6.61 Å². The molecule has 2 rings (SSSR count). The standard InChI is InChI=1S/C11H11BrN2O/c12-9-2-3-10-8(7-9)1-4-11(14-10)13-5-6-15/h1-4,7,15H,5-6H2,(H,13,14). The van der Waals surface area contributed by atoms with Crippen molar-refractivity contribution in [3.8, 4) is 0 Å². The lowest BCUT2D eigenvalue weighted by Crippen LogP contribution is -2.06. The summed E-state index contributed by atoms with van der Waals surface area (Å²) in [5.74, 6) is 0.791. The lowest BCUT2D eigenvalue weighted by atomic mass is 10.2. The van der Waals surface area contributed by atoms with Gasteiger partial charge in [0.1, 0.15) is 5.82 Å². The average molecular weight is 267 g/mol. The van der Waals surface area contributed by atoms with Gasteiger partial charge >= 0.3 is 0 Å². The molecule has 0 aliphatic carbocycles. The van der Waals surface area contributed by atoms with Crippen LogP contribution in [0.4, 0.5) is 5.82 Å². The molecule has 15 heavy (non-hydrogen) atoms. The van der Waals surface area contributed by atoms with Crippen LogP contribution in [0.15, 0.2) is 34.8 Å². The number of fused-ring (bicyclic) bond motifs is 1. The molecule has 0 fully saturated rings. The molecule has 0 radical (unpaired) electrons. The highest BCUT2D eigenvalue weighted by atomic mass is 79.9. The maximum Gasteiger partial charge on any atom is 0.126 e. The predicted octanol–water partition coefficient (Wildman–Crippen LogP) is 2.40. The summed E-state index contributed by atoms with van der Waals surface area (Å²) in [5, 5.41) is 12.8. The molecule has 0 saturated heterocycles. The fourth-order valence-electron chi connectivity index (χ4n) is 1.38. The van der Waals surface area contributed by atoms with Crippen LogP contribution in [-0.4, -0.2) is 23.2 Å². The lowest BCUT2D eigenvalue weighted by Gasteiger charge is -2.04. The van der Waals surface area contributed by atoms with E-state index >= 15 is 0 Å². The highest BCUT2D eigenvalue weighted by Crippen LogP contribution is 2.19. The van der Waals surface area contributed by atoms with Gasteiger partial charge in [-0.3, -0.25) is 0 Å². The van der Waals surface area contributed by atoms with E-state index in [1.165, 1.54) is 0 Å². The minimum absolute atomic E-state index is 0.111. The van der Waals surface area contributed by atoms with E-state index in [9.17, 15) is 0 Å². The summed E-state index contributed by atoms with van der Waals surface area (Å²) in [6.07, 6.45) is 0. The highest BCUT2D eigenvalue weighted by Gasteiger charge is 1.98. The molecular weight excluding hydrogens is 256 g/mol. The van der Waals surface area contributed by atoms with Crippen LogP contribution < -0.4 is 5.32 Å². The number of nitrogens with zero attached hydrogens (tertiary/aromatic N) is 1. The third-order valence-electron chi connectivity index (χ3n) is 2.07. The zero-order valence-electron chi connectivity index (χ0n) is 8.07. The van der Waals surface area contributed by atoms with Gasteiger partial charge < -0.3 is 10.4 Å². The number of nitrogens with one attached hydrogen (secondary N) is 1. The van der Waals surface area contributed by atoms with E-state index in [4.69, 9.17) is 5.11 Å². The number of hydrogen-bond acceptors (Lipinski definition) is 3. The van der Waals surface area contributed by atoms with Crippen LogP contribution in [0.5, 0.6) is 0 Å². The molecule has 0 aliphatic heterocycles. The molecule has 0 atom stereocenters. The first kappa shape index (κ1) is 10.4. The second-order valence-corrected chi connectivity index (χ2v) is 4.10. The van der Waals surface area contributed by atoms with Crippen LogP contribution in [0, 0.1) is 0 Å². The van der Waals surface area contributed by atoms with Crippen molar-refractivity contribution in [2.75, 3.05) is 18.5 Å². The van der Waals surface area contributed by atoms with Gasteiger partial charge in [0.15, 0.2) is 0 Å². The number of pyridine rings is 1. The molecule has 0 saturated carbocycles. The third-order valence-corrected chi connectivity index (χ3v) is 2.56. The van der Waals surface area contributed by atoms with Gasteiger partial charge in [-0.2, -0.15) is 0 Å². The Kier molecular flexibility index (Phi) is 3.18. The average Bonchev–Trinajstić information content (AvgIpc) is 2.26. The molecule has 1 heterocycles. The third kappa shape index (κ3) is 2.46. The van der Waals surface area contributed by atoms with Crippen LogP contribution in [0.2, 0.25) is 0 Å². The van der Waals surface area contributed by atoms with Gasteiger partial charge in [0.25, 0.3) is 0 Å². The number of anilines is 1. The predicted molar refractivity (Wildman–Crippen MR) is 65.0 cm³/mol. The zero-order valence-corrected chi connectivity index (χ0v) is 9.66. The SMILES string of the molecule is OCCNc1ccc2cc(Br)ccc2n1. The maximum absolute atomic E-state index is 8.68. The van der Waals surface area contributed by atoms with Crippen LogP contribution in [0.25, 0.3) is 10.9 Å². The molecule has 1 aromatic heterocycles. The number of aromatic nitrogens is 1. The van der Waals surface area contributed by atoms with E-state index < -0.39 is 0 Å². The summed E-state index contributed by atoms with van der Waals surface area (Å²) in [6.45, 7) is 0.634. The Bertz CT molecular complexity index is 473. The van der Waals surface area contributed by atoms with E-state index in [0.29, 0.717) is 6.54 Å². The van der Waals surface area contributed by atoms with Gasteiger partial charge in [-0.05, 0) is 30.3 Å². The molecule has 0 bridgehead atoms. The number of benzene rings is 1. The Balaban J connectivity index is 2.34. The molecule has 0 spiro atoms. The molecular formula is C11H11BrN2O. The van der Waals surface area contributed by atoms with Gasteiger partial charge in [0, 0.05) is 16.4 Å². The summed E-state index contributed by atoms with van der Waals surface area (Å²) < 4.78 is 1.05. The van der Waals surface area contributed by atoms with Gasteiger partial charge in [-0.25, -0.2) is 4.98 Å². The zero-order chi connectivity index (χ0) is 10.7. The second-order valence-electron chi connectivity index (χ2n) is 3.18. The molecule has 0 unspecified atom stereocenters. The molecule has 2 N–H and O–H groups in total. The van der Waals surface area contributed by atoms with Crippen LogP contribution in [0.3, 0.4) is 0 Å². The van der Waals surface area contributed by atoms with Crippen molar-refractivity contribution in [1.82, 2.24) is 4.98 Å². The topological polar surface area (TPSA) is 45.1 Å². The van der Waals surface area contributed by atoms with Gasteiger partial charge in [0.05, 0.1) is 12.1 Å². The summed E-state index contributed by atoms with van der Waals surface area (Å²) in [4.78, 5) is 4.41. The summed E-state index contributed by atoms with van der Waals surface area (Å²) in [5.41, 5.74) is 0.945. The van der Waals surface area contributed by atoms with Crippen molar-refractivity contribution < 1.29 is 5.11 Å². The van der Waals surface area contributed by atoms with Crippen molar-refractivity contribution in [3.63, 3.8) is 0 Å². The van der Waals surface area contributed by atoms with E-state index in [2.05, 4.69) is 26.2 Å². The first-order valence-corrected chi connectivity index (χ1v) is 5.50. The van der Waals surface area contributed by atoms with Crippen LogP contribution >= 0.6 is 15.9 Å². The van der Waals surface area contributed by atoms with Crippen molar-refractivity contribution >= 4 is 32.7 Å². The number of hydrogen-bond donors (Lipinski definition) is 2. The van der Waals surface area contributed by atoms with Gasteiger partial charge in [0.2, 0.25) is 0 Å². The quantitative estimate of drug-likeness (QED) is 0.897. The van der Waals surface area contributed by atoms with Crippen LogP contribution in [0.1, 0.15) is 0 Å². The fraction of sp³-hybridized carbons (Fsp3) is 0.182. The lowest BCUT2D eigenvalue weighted by molar-refractivity contribution is 0.311. The number of rotatable bonds is 3. The molecule has 0 aliphatic rings. The van der Waals surface area contributed by atoms with Crippen molar-refractivity contribution in [1.29, 1.82) is 0 Å². The first-order chi connectivity index (χ1) is 7.29. The normalized spacial score (nSPS) is 10.5. The van der Waals surface area contributed by atoms with Crippen molar-refractivity contribution in [3.05, 3.63) is 34.8 Å². The Morgan fingerprint density at radius 1 is 1.27 bits per heavy atom. The minimum Gasteiger partial charge on any atom is -0.395 e. The largest absolute Gasteiger partial charge is 0.395 e. The number of halogens is 1. The molecule has 3 nitrogen and oxygen atoms in total. The summed E-state index contributed by atoms with van der Waals surface area (Å²) >= 11 is 3.42. The fourth-order valence-corrected chi connectivity index (χ4v) is 1.76. The smallest absolute Gasteiger partial charge is 0.126 e. The molecule has 1 aromatic carbocycles. The van der Waals surface area contributed by atoms with E-state index in [1.54, 1.807) is 0 Å². The van der Waals surface area contributed by atoms with E-state index in [0.717, 1.165) is 21.2 Å². The first-order valence-electron chi connectivity index (χ1n) is 4.70. The highest BCUT2D eigenvalue weighted by molar-refractivity contribution is 9.10. The minimum atomic E-state index is 0.111. The second kappa shape index (κ2) is 4.59. The Morgan fingerprint density at radius 3 is 2.93 bits per heavy atom. The molecule has 78 valence electrons. The van der Waals surface area contributed by atoms with Crippen LogP contribution in [-0.2, 0) is 0 Å². The monoisotopic (exact) mass is 266 g/mol. The van der Waals surface area contributed by atoms with Gasteiger partial charge in [-0.15, -0.1) is 0 Å². The van der Waals surface area contributed by atoms with Crippen molar-refractivity contribution in [2.45, 2.75) is 0 Å². The van der Waals surface area contributed by atoms with Gasteiger partial charge in [-0.1, -0.05) is 15.9 Å². The summed E-state index contributed by atoms with van der Waals surface area (Å²) in [6, 6.07) is 9.87. The maximum atomic E-state index is 8.68. The number of aliphatic hydroxyl groups is 1. The Hall–Kier alpha value is -1.13. The summed E-state index contributed by atoms with van der Waals surface area (Å²) in [7, 11) is 0. The Labute approximate surface area is 96.3 Å². The molecule has 4 heteroatoms. The Morgan fingerprint density at radius 2 is 2.13 bits per heavy atom. The van der Waals surface area contributed by atoms with E-state index in [1.807, 2.05) is 30.3 Å². The molecule has 2 aromatic rings.